The van der Waals surface area contributed by atoms with Gasteiger partial charge in [-0.15, -0.1) is 0 Å². The Kier molecular flexibility index (Phi) is 2.48. The topological polar surface area (TPSA) is 64.2 Å². The van der Waals surface area contributed by atoms with Gasteiger partial charge in [-0.1, -0.05) is 6.92 Å². The van der Waals surface area contributed by atoms with E-state index < -0.39 is 0 Å². The van der Waals surface area contributed by atoms with Crippen LogP contribution in [0.2, 0.25) is 0 Å². The third kappa shape index (κ3) is 1.28. The number of hydrogen-bond donors (Lipinski definition) is 1. The number of benzene rings is 1. The molecule has 0 spiro atoms. The van der Waals surface area contributed by atoms with Crippen molar-refractivity contribution in [3.05, 3.63) is 9.13 Å². The largest absolute Gasteiger partial charge is 0.396 e. The molecule has 0 bridgehead atoms. The van der Waals surface area contributed by atoms with Crippen molar-refractivity contribution in [1.29, 1.82) is 0 Å². The maximum atomic E-state index is 6.16. The van der Waals surface area contributed by atoms with E-state index >= 15 is 0 Å². The third-order valence-corrected chi connectivity index (χ3v) is 5.05. The van der Waals surface area contributed by atoms with Crippen LogP contribution in [0, 0.1) is 3.57 Å². The lowest BCUT2D eigenvalue weighted by Crippen LogP contribution is -2.03. The Bertz CT molecular complexity index is 670. The van der Waals surface area contributed by atoms with Crippen LogP contribution in [0.3, 0.4) is 0 Å². The van der Waals surface area contributed by atoms with E-state index in [9.17, 15) is 0 Å². The van der Waals surface area contributed by atoms with E-state index in [1.54, 1.807) is 0 Å². The minimum atomic E-state index is 0.727. The molecule has 0 saturated heterocycles. The van der Waals surface area contributed by atoms with Gasteiger partial charge in [-0.25, -0.2) is 0 Å². The predicted molar refractivity (Wildman–Crippen MR) is 78.4 cm³/mol. The van der Waals surface area contributed by atoms with Crippen molar-refractivity contribution in [3.63, 3.8) is 0 Å². The second kappa shape index (κ2) is 3.74. The smallest absolute Gasteiger partial charge is 0.129 e. The summed E-state index contributed by atoms with van der Waals surface area (Å²) in [5.41, 5.74) is 10.6. The zero-order valence-corrected chi connectivity index (χ0v) is 12.1. The molecule has 0 unspecified atom stereocenters. The maximum absolute atomic E-state index is 6.16. The molecule has 1 aliphatic heterocycles. The highest BCUT2D eigenvalue weighted by Crippen LogP contribution is 2.40. The highest BCUT2D eigenvalue weighted by Gasteiger charge is 2.23. The minimum absolute atomic E-state index is 0.727. The van der Waals surface area contributed by atoms with Gasteiger partial charge in [0.05, 0.1) is 21.0 Å². The Morgan fingerprint density at radius 2 is 2.06 bits per heavy atom. The van der Waals surface area contributed by atoms with Gasteiger partial charge in [-0.05, 0) is 40.2 Å². The fourth-order valence-corrected chi connectivity index (χ4v) is 4.20. The number of nitrogen functional groups attached to an aromatic ring is 1. The molecule has 7 heteroatoms. The summed E-state index contributed by atoms with van der Waals surface area (Å²) in [6, 6.07) is 0. The lowest BCUT2D eigenvalue weighted by Gasteiger charge is -2.07. The SMILES string of the molecule is CCC1=S=Nc2c1c(N)c1nsnc1c2I. The highest BCUT2D eigenvalue weighted by molar-refractivity contribution is 14.1. The van der Waals surface area contributed by atoms with E-state index in [-0.39, 0.29) is 0 Å². The molecule has 0 amide bonds. The van der Waals surface area contributed by atoms with Gasteiger partial charge in [-0.2, -0.15) is 13.1 Å². The fraction of sp³-hybridized carbons (Fsp3) is 0.222. The number of rotatable bonds is 1. The average Bonchev–Trinajstić information content (AvgIpc) is 2.92. The summed E-state index contributed by atoms with van der Waals surface area (Å²) in [7, 11) is 0. The molecule has 0 saturated carbocycles. The van der Waals surface area contributed by atoms with Crippen molar-refractivity contribution in [1.82, 2.24) is 8.75 Å². The van der Waals surface area contributed by atoms with Crippen molar-refractivity contribution in [3.8, 4) is 0 Å². The number of fused-ring (bicyclic) bond motifs is 2. The van der Waals surface area contributed by atoms with Crippen LogP contribution in [0.15, 0.2) is 4.36 Å². The third-order valence-electron chi connectivity index (χ3n) is 2.51. The van der Waals surface area contributed by atoms with Gasteiger partial charge >= 0.3 is 0 Å². The summed E-state index contributed by atoms with van der Waals surface area (Å²) in [5.74, 6) is 0. The van der Waals surface area contributed by atoms with E-state index in [0.717, 1.165) is 38.0 Å². The van der Waals surface area contributed by atoms with Gasteiger partial charge in [0.15, 0.2) is 0 Å². The highest BCUT2D eigenvalue weighted by atomic mass is 127. The van der Waals surface area contributed by atoms with Gasteiger partial charge in [-0.3, -0.25) is 0 Å². The maximum Gasteiger partial charge on any atom is 0.129 e. The summed E-state index contributed by atoms with van der Waals surface area (Å²) in [6.07, 6.45) is 0.949. The van der Waals surface area contributed by atoms with Gasteiger partial charge in [0.2, 0.25) is 0 Å². The molecule has 0 aliphatic carbocycles. The predicted octanol–water partition coefficient (Wildman–Crippen LogP) is 2.72. The van der Waals surface area contributed by atoms with Gasteiger partial charge in [0.1, 0.15) is 16.7 Å². The zero-order valence-electron chi connectivity index (χ0n) is 8.32. The average molecular weight is 362 g/mol. The molecule has 0 radical (unpaired) electrons. The number of hydrogen-bond acceptors (Lipinski definition) is 5. The monoisotopic (exact) mass is 362 g/mol. The number of anilines is 1. The van der Waals surface area contributed by atoms with E-state index in [0.29, 0.717) is 0 Å². The van der Waals surface area contributed by atoms with Crippen molar-refractivity contribution >= 4 is 72.7 Å². The van der Waals surface area contributed by atoms with E-state index in [2.05, 4.69) is 42.6 Å². The number of nitrogens with zero attached hydrogens (tertiary/aromatic N) is 3. The first-order chi connectivity index (χ1) is 7.74. The Hall–Kier alpha value is -0.540. The number of nitrogens with two attached hydrogens (primary N) is 1. The Balaban J connectivity index is 2.47. The summed E-state index contributed by atoms with van der Waals surface area (Å²) in [5, 5.41) is 0. The molecule has 2 N–H and O–H groups in total. The Morgan fingerprint density at radius 1 is 1.31 bits per heavy atom. The summed E-state index contributed by atoms with van der Waals surface area (Å²) in [6.45, 7) is 2.11. The van der Waals surface area contributed by atoms with E-state index in [1.165, 1.54) is 27.7 Å². The molecule has 0 atom stereocenters. The molecule has 1 aliphatic rings. The van der Waals surface area contributed by atoms with Crippen molar-refractivity contribution in [2.45, 2.75) is 13.3 Å². The minimum Gasteiger partial charge on any atom is -0.396 e. The molecule has 3 rings (SSSR count). The first-order valence-electron chi connectivity index (χ1n) is 4.71. The molecule has 2 aromatic rings. The zero-order chi connectivity index (χ0) is 11.3. The lowest BCUT2D eigenvalue weighted by molar-refractivity contribution is 1.32. The fourth-order valence-electron chi connectivity index (χ4n) is 1.73. The summed E-state index contributed by atoms with van der Waals surface area (Å²) in [4.78, 5) is 1.22. The van der Waals surface area contributed by atoms with Crippen LogP contribution in [0.5, 0.6) is 0 Å². The first-order valence-corrected chi connectivity index (χ1v) is 7.29. The summed E-state index contributed by atoms with van der Waals surface area (Å²) < 4.78 is 14.1. The van der Waals surface area contributed by atoms with Crippen molar-refractivity contribution in [2.75, 3.05) is 5.73 Å². The van der Waals surface area contributed by atoms with Gasteiger partial charge in [0, 0.05) is 10.4 Å². The van der Waals surface area contributed by atoms with Crippen LogP contribution in [0.25, 0.3) is 11.0 Å². The van der Waals surface area contributed by atoms with Crippen molar-refractivity contribution < 1.29 is 0 Å². The van der Waals surface area contributed by atoms with Gasteiger partial charge < -0.3 is 5.73 Å². The first kappa shape index (κ1) is 10.6. The Labute approximate surface area is 113 Å². The lowest BCUT2D eigenvalue weighted by atomic mass is 10.0. The van der Waals surface area contributed by atoms with E-state index in [1.807, 2.05) is 0 Å². The van der Waals surface area contributed by atoms with Crippen LogP contribution in [-0.4, -0.2) is 13.6 Å². The molecular weight excluding hydrogens is 355 g/mol. The number of aromatic nitrogens is 2. The molecular formula is C9H7IN4S2. The molecule has 0 fully saturated rings. The van der Waals surface area contributed by atoms with Crippen LogP contribution in [-0.2, 0) is 11.1 Å². The second-order valence-corrected chi connectivity index (χ2v) is 5.84. The summed E-state index contributed by atoms with van der Waals surface area (Å²) >= 11 is 4.99. The quantitative estimate of drug-likeness (QED) is 0.482. The second-order valence-electron chi connectivity index (χ2n) is 3.37. The molecule has 1 aromatic carbocycles. The van der Waals surface area contributed by atoms with Crippen LogP contribution < -0.4 is 5.73 Å². The standard InChI is InChI=1S/C9H7IN4S2/c1-2-3-4-6(11)9-8(13-16-14-9)5(10)7(4)12-15-3/h2,11H2,1H3. The van der Waals surface area contributed by atoms with Crippen molar-refractivity contribution in [2.24, 2.45) is 4.36 Å². The van der Waals surface area contributed by atoms with Gasteiger partial charge in [0.25, 0.3) is 0 Å². The molecule has 1 aromatic heterocycles. The van der Waals surface area contributed by atoms with Crippen LogP contribution in [0.4, 0.5) is 11.4 Å². The van der Waals surface area contributed by atoms with Crippen LogP contribution in [0.1, 0.15) is 18.9 Å². The molecule has 4 nitrogen and oxygen atoms in total. The van der Waals surface area contributed by atoms with Crippen LogP contribution >= 0.6 is 34.3 Å². The molecule has 2 heterocycles. The molecule has 16 heavy (non-hydrogen) atoms. The number of halogens is 1. The Morgan fingerprint density at radius 3 is 2.81 bits per heavy atom. The molecule has 82 valence electrons. The van der Waals surface area contributed by atoms with E-state index in [4.69, 9.17) is 5.73 Å². The normalized spacial score (nSPS) is 13.8.